The zero-order valence-electron chi connectivity index (χ0n) is 23.7. The molecule has 0 saturated carbocycles. The SMILES string of the molecule is Cc1ccc(NC(=O)COc2ccc(/C=N\NC(=O)c3ccc(-c4csc(Nc5ccc(Cl)cc5)n4)cc3)cc2Cl)cc1C. The second-order valence-corrected chi connectivity index (χ2v) is 11.5. The molecular formula is C33H27Cl2N5O3S. The quantitative estimate of drug-likeness (QED) is 0.105. The fourth-order valence-electron chi connectivity index (χ4n) is 4.02. The van der Waals surface area contributed by atoms with Crippen LogP contribution in [0.4, 0.5) is 16.5 Å². The van der Waals surface area contributed by atoms with Gasteiger partial charge in [-0.05, 0) is 97.3 Å². The molecule has 4 aromatic carbocycles. The number of benzene rings is 4. The van der Waals surface area contributed by atoms with Gasteiger partial charge in [0.15, 0.2) is 11.7 Å². The first-order valence-electron chi connectivity index (χ1n) is 13.4. The zero-order valence-corrected chi connectivity index (χ0v) is 26.1. The van der Waals surface area contributed by atoms with Gasteiger partial charge in [0.05, 0.1) is 16.9 Å². The first-order valence-corrected chi connectivity index (χ1v) is 15.1. The number of hydrazone groups is 1. The first-order chi connectivity index (χ1) is 21.2. The van der Waals surface area contributed by atoms with Gasteiger partial charge in [0.1, 0.15) is 5.75 Å². The monoisotopic (exact) mass is 643 g/mol. The molecule has 1 heterocycles. The summed E-state index contributed by atoms with van der Waals surface area (Å²) in [5, 5.41) is 13.8. The number of nitrogens with one attached hydrogen (secondary N) is 3. The van der Waals surface area contributed by atoms with Crippen LogP contribution < -0.4 is 20.8 Å². The van der Waals surface area contributed by atoms with E-state index in [2.05, 4.69) is 26.1 Å². The van der Waals surface area contributed by atoms with Gasteiger partial charge < -0.3 is 15.4 Å². The second-order valence-electron chi connectivity index (χ2n) is 9.77. The van der Waals surface area contributed by atoms with Crippen LogP contribution in [0.15, 0.2) is 95.4 Å². The van der Waals surface area contributed by atoms with Gasteiger partial charge >= 0.3 is 0 Å². The van der Waals surface area contributed by atoms with E-state index in [0.717, 1.165) is 33.2 Å². The number of hydrogen-bond donors (Lipinski definition) is 3. The summed E-state index contributed by atoms with van der Waals surface area (Å²) in [4.78, 5) is 29.5. The Morgan fingerprint density at radius 1 is 0.909 bits per heavy atom. The number of halogens is 2. The summed E-state index contributed by atoms with van der Waals surface area (Å²) in [5.74, 6) is -0.304. The summed E-state index contributed by atoms with van der Waals surface area (Å²) >= 11 is 13.8. The normalized spacial score (nSPS) is 10.9. The molecule has 0 bridgehead atoms. The molecule has 3 N–H and O–H groups in total. The average Bonchev–Trinajstić information content (AvgIpc) is 3.48. The lowest BCUT2D eigenvalue weighted by Crippen LogP contribution is -2.20. The van der Waals surface area contributed by atoms with Crippen LogP contribution in [0.2, 0.25) is 10.0 Å². The number of nitrogens with zero attached hydrogens (tertiary/aromatic N) is 2. The van der Waals surface area contributed by atoms with E-state index in [4.69, 9.17) is 27.9 Å². The number of aryl methyl sites for hydroxylation is 2. The highest BCUT2D eigenvalue weighted by molar-refractivity contribution is 7.14. The van der Waals surface area contributed by atoms with Crippen molar-refractivity contribution in [1.82, 2.24) is 10.4 Å². The molecule has 0 fully saturated rings. The molecular weight excluding hydrogens is 617 g/mol. The smallest absolute Gasteiger partial charge is 0.271 e. The van der Waals surface area contributed by atoms with Crippen molar-refractivity contribution in [1.29, 1.82) is 0 Å². The fourth-order valence-corrected chi connectivity index (χ4v) is 5.13. The predicted molar refractivity (Wildman–Crippen MR) is 179 cm³/mol. The maximum atomic E-state index is 12.6. The van der Waals surface area contributed by atoms with Crippen molar-refractivity contribution in [3.63, 3.8) is 0 Å². The Balaban J connectivity index is 1.10. The lowest BCUT2D eigenvalue weighted by Gasteiger charge is -2.10. The topological polar surface area (TPSA) is 105 Å². The van der Waals surface area contributed by atoms with Gasteiger partial charge in [-0.2, -0.15) is 5.10 Å². The van der Waals surface area contributed by atoms with Crippen LogP contribution in [-0.2, 0) is 4.79 Å². The number of thiazole rings is 1. The number of carbonyl (C=O) groups is 2. The molecule has 2 amide bonds. The van der Waals surface area contributed by atoms with Crippen LogP contribution in [0.25, 0.3) is 11.3 Å². The van der Waals surface area contributed by atoms with Crippen LogP contribution in [0.3, 0.4) is 0 Å². The molecule has 0 radical (unpaired) electrons. The molecule has 0 spiro atoms. The highest BCUT2D eigenvalue weighted by Crippen LogP contribution is 2.28. The van der Waals surface area contributed by atoms with Crippen molar-refractivity contribution >= 4 is 69.1 Å². The molecule has 5 rings (SSSR count). The Labute approximate surface area is 268 Å². The van der Waals surface area contributed by atoms with E-state index in [9.17, 15) is 9.59 Å². The number of rotatable bonds is 10. The van der Waals surface area contributed by atoms with Gasteiger partial charge in [0, 0.05) is 32.9 Å². The van der Waals surface area contributed by atoms with Gasteiger partial charge in [-0.25, -0.2) is 10.4 Å². The van der Waals surface area contributed by atoms with Gasteiger partial charge in [-0.1, -0.05) is 41.4 Å². The highest BCUT2D eigenvalue weighted by Gasteiger charge is 2.10. The molecule has 1 aromatic heterocycles. The fraction of sp³-hybridized carbons (Fsp3) is 0.0909. The van der Waals surface area contributed by atoms with E-state index in [1.165, 1.54) is 17.6 Å². The van der Waals surface area contributed by atoms with Crippen molar-refractivity contribution in [2.45, 2.75) is 13.8 Å². The third-order valence-electron chi connectivity index (χ3n) is 6.53. The summed E-state index contributed by atoms with van der Waals surface area (Å²) in [5.41, 5.74) is 9.11. The highest BCUT2D eigenvalue weighted by atomic mass is 35.5. The summed E-state index contributed by atoms with van der Waals surface area (Å²) < 4.78 is 5.58. The predicted octanol–water partition coefficient (Wildman–Crippen LogP) is 8.26. The number of anilines is 3. The summed E-state index contributed by atoms with van der Waals surface area (Å²) in [6, 6.07) is 25.2. The minimum absolute atomic E-state index is 0.196. The van der Waals surface area contributed by atoms with Gasteiger partial charge in [0.25, 0.3) is 11.8 Å². The third-order valence-corrected chi connectivity index (χ3v) is 7.83. The molecule has 5 aromatic rings. The van der Waals surface area contributed by atoms with E-state index in [-0.39, 0.29) is 18.4 Å². The Morgan fingerprint density at radius 3 is 2.39 bits per heavy atom. The van der Waals surface area contributed by atoms with E-state index in [1.807, 2.05) is 73.8 Å². The molecule has 44 heavy (non-hydrogen) atoms. The Morgan fingerprint density at radius 2 is 1.66 bits per heavy atom. The molecule has 0 saturated heterocycles. The summed E-state index contributed by atoms with van der Waals surface area (Å²) in [6.45, 7) is 3.80. The number of ether oxygens (including phenoxy) is 1. The first kappa shape index (κ1) is 30.7. The maximum absolute atomic E-state index is 12.6. The Kier molecular flexibility index (Phi) is 9.91. The van der Waals surface area contributed by atoms with Gasteiger partial charge in [0.2, 0.25) is 0 Å². The molecule has 222 valence electrons. The molecule has 0 aliphatic rings. The van der Waals surface area contributed by atoms with Crippen molar-refractivity contribution in [2.75, 3.05) is 17.2 Å². The maximum Gasteiger partial charge on any atom is 0.271 e. The van der Waals surface area contributed by atoms with Crippen LogP contribution >= 0.6 is 34.5 Å². The van der Waals surface area contributed by atoms with Gasteiger partial charge in [-0.3, -0.25) is 9.59 Å². The second kappa shape index (κ2) is 14.2. The zero-order chi connectivity index (χ0) is 31.1. The van der Waals surface area contributed by atoms with Gasteiger partial charge in [-0.15, -0.1) is 11.3 Å². The lowest BCUT2D eigenvalue weighted by atomic mass is 10.1. The average molecular weight is 645 g/mol. The van der Waals surface area contributed by atoms with Crippen LogP contribution in [-0.4, -0.2) is 29.6 Å². The third kappa shape index (κ3) is 8.23. The Hall–Kier alpha value is -4.70. The molecule has 11 heteroatoms. The summed E-state index contributed by atoms with van der Waals surface area (Å²) in [7, 11) is 0. The van der Waals surface area contributed by atoms with Crippen molar-refractivity contribution < 1.29 is 14.3 Å². The molecule has 0 aliphatic heterocycles. The van der Waals surface area contributed by atoms with Crippen molar-refractivity contribution in [3.8, 4) is 17.0 Å². The van der Waals surface area contributed by atoms with Crippen LogP contribution in [0.1, 0.15) is 27.0 Å². The largest absolute Gasteiger partial charge is 0.482 e. The number of amides is 2. The molecule has 0 aliphatic carbocycles. The molecule has 8 nitrogen and oxygen atoms in total. The molecule has 0 unspecified atom stereocenters. The van der Waals surface area contributed by atoms with E-state index in [0.29, 0.717) is 32.6 Å². The van der Waals surface area contributed by atoms with E-state index >= 15 is 0 Å². The molecule has 0 atom stereocenters. The minimum atomic E-state index is -0.364. The van der Waals surface area contributed by atoms with Crippen LogP contribution in [0, 0.1) is 13.8 Å². The minimum Gasteiger partial charge on any atom is -0.482 e. The standard InChI is InChI=1S/C33H27Cl2N5O3S/c1-20-3-11-27(15-21(20)2)37-31(41)18-43-30-14-4-22(16-28(30)35)17-36-40-32(42)24-7-5-23(6-8-24)29-19-44-33(39-29)38-26-12-9-25(34)10-13-26/h3-17,19H,18H2,1-2H3,(H,37,41)(H,38,39)(H,40,42)/b36-17-. The van der Waals surface area contributed by atoms with E-state index in [1.54, 1.807) is 30.3 Å². The number of hydrogen-bond acceptors (Lipinski definition) is 7. The number of carbonyl (C=O) groups excluding carboxylic acids is 2. The van der Waals surface area contributed by atoms with E-state index < -0.39 is 0 Å². The lowest BCUT2D eigenvalue weighted by molar-refractivity contribution is -0.118. The summed E-state index contributed by atoms with van der Waals surface area (Å²) in [6.07, 6.45) is 1.47. The number of aromatic nitrogens is 1. The van der Waals surface area contributed by atoms with Crippen molar-refractivity contribution in [2.24, 2.45) is 5.10 Å². The van der Waals surface area contributed by atoms with Crippen molar-refractivity contribution in [3.05, 3.63) is 123 Å². The Bertz CT molecular complexity index is 1820. The van der Waals surface area contributed by atoms with Crippen LogP contribution in [0.5, 0.6) is 5.75 Å².